The van der Waals surface area contributed by atoms with Crippen LogP contribution < -0.4 is 16.7 Å². The minimum Gasteiger partial charge on any atom is -0.501 e. The van der Waals surface area contributed by atoms with Crippen molar-refractivity contribution in [3.05, 3.63) is 43.6 Å². The molecule has 2 aromatic rings. The van der Waals surface area contributed by atoms with Crippen molar-refractivity contribution < 1.29 is 32.2 Å². The maximum absolute atomic E-state index is 13.0. The minimum absolute atomic E-state index is 0.0305. The Bertz CT molecular complexity index is 1290. The van der Waals surface area contributed by atoms with E-state index in [1.54, 1.807) is 41.5 Å². The lowest BCUT2D eigenvalue weighted by molar-refractivity contribution is -0.136. The summed E-state index contributed by atoms with van der Waals surface area (Å²) in [7, 11) is 0. The molecule has 10 nitrogen and oxygen atoms in total. The van der Waals surface area contributed by atoms with Crippen molar-refractivity contribution in [1.29, 1.82) is 0 Å². The number of carbonyl (C=O) groups is 2. The first kappa shape index (κ1) is 29.9. The highest BCUT2D eigenvalue weighted by Crippen LogP contribution is 2.30. The van der Waals surface area contributed by atoms with Crippen molar-refractivity contribution >= 4 is 33.6 Å². The van der Waals surface area contributed by atoms with Gasteiger partial charge in [-0.15, -0.1) is 11.3 Å². The number of hydrogen-bond acceptors (Lipinski definition) is 7. The number of thiophene rings is 1. The average molecular weight is 549 g/mol. The molecule has 2 aromatic heterocycles. The van der Waals surface area contributed by atoms with Crippen LogP contribution in [0.4, 0.5) is 18.0 Å². The second-order valence-electron chi connectivity index (χ2n) is 8.98. The molecule has 0 aliphatic heterocycles. The number of ether oxygens (including phenoxy) is 2. The first-order valence-corrected chi connectivity index (χ1v) is 12.3. The highest BCUT2D eigenvalue weighted by Gasteiger charge is 2.29. The smallest absolute Gasteiger partial charge is 0.426 e. The molecule has 37 heavy (non-hydrogen) atoms. The van der Waals surface area contributed by atoms with Crippen molar-refractivity contribution in [2.75, 3.05) is 6.61 Å². The number of carbonyl (C=O) groups excluding carboxylic acids is 2. The SMILES string of the molecule is CCOC=CC(=O)N(Cc1sc2c(c1C)c(=O)n(CC)c(=O)n2CCC(F)(F)F)NC(=O)OC(C)(C)C. The van der Waals surface area contributed by atoms with E-state index in [4.69, 9.17) is 9.47 Å². The Morgan fingerprint density at radius 1 is 1.14 bits per heavy atom. The maximum Gasteiger partial charge on any atom is 0.426 e. The maximum atomic E-state index is 13.0. The molecular weight excluding hydrogens is 517 g/mol. The normalized spacial score (nSPS) is 12.2. The predicted octanol–water partition coefficient (Wildman–Crippen LogP) is 3.82. The summed E-state index contributed by atoms with van der Waals surface area (Å²) in [6.07, 6.45) is -4.46. The van der Waals surface area contributed by atoms with Crippen LogP contribution in [0.3, 0.4) is 0 Å². The van der Waals surface area contributed by atoms with Crippen molar-refractivity contribution in [3.63, 3.8) is 0 Å². The number of rotatable bonds is 8. The van der Waals surface area contributed by atoms with Gasteiger partial charge in [0.05, 0.1) is 31.2 Å². The summed E-state index contributed by atoms with van der Waals surface area (Å²) >= 11 is 0.904. The molecule has 2 rings (SSSR count). The second-order valence-corrected chi connectivity index (χ2v) is 10.1. The van der Waals surface area contributed by atoms with Gasteiger partial charge in [-0.05, 0) is 47.1 Å². The monoisotopic (exact) mass is 548 g/mol. The standard InChI is InChI=1S/C23H31F3N4O6S/c1-7-28-18(32)17-14(3)15(37-19(17)29(21(28)34)11-10-23(24,25)26)13-30(16(31)9-12-35-8-2)27-20(33)36-22(4,5)6/h9,12H,7-8,10-11,13H2,1-6H3,(H,27,33). The van der Waals surface area contributed by atoms with Crippen LogP contribution in [0.1, 0.15) is 51.5 Å². The third kappa shape index (κ3) is 7.84. The van der Waals surface area contributed by atoms with Crippen LogP contribution in [0, 0.1) is 6.92 Å². The molecule has 0 aliphatic carbocycles. The molecule has 14 heteroatoms. The fourth-order valence-electron chi connectivity index (χ4n) is 3.33. The summed E-state index contributed by atoms with van der Waals surface area (Å²) < 4.78 is 50.9. The molecule has 206 valence electrons. The number of alkyl halides is 3. The van der Waals surface area contributed by atoms with Crippen molar-refractivity contribution in [1.82, 2.24) is 19.6 Å². The Labute approximate surface area is 215 Å². The molecule has 0 aromatic carbocycles. The van der Waals surface area contributed by atoms with Crippen LogP contribution in [0.15, 0.2) is 21.9 Å². The lowest BCUT2D eigenvalue weighted by Gasteiger charge is -2.25. The van der Waals surface area contributed by atoms with Gasteiger partial charge in [0.2, 0.25) is 0 Å². The number of amides is 2. The number of aromatic nitrogens is 2. The zero-order valence-electron chi connectivity index (χ0n) is 21.5. The van der Waals surface area contributed by atoms with Gasteiger partial charge in [-0.3, -0.25) is 18.7 Å². The lowest BCUT2D eigenvalue weighted by Crippen LogP contribution is -2.47. The van der Waals surface area contributed by atoms with Gasteiger partial charge in [0.1, 0.15) is 10.4 Å². The number of hydrazine groups is 1. The minimum atomic E-state index is -4.51. The Hall–Kier alpha value is -3.29. The number of hydrogen-bond donors (Lipinski definition) is 1. The molecule has 2 amide bonds. The Morgan fingerprint density at radius 2 is 1.78 bits per heavy atom. The number of nitrogens with one attached hydrogen (secondary N) is 1. The molecule has 0 fully saturated rings. The lowest BCUT2D eigenvalue weighted by atomic mass is 10.2. The number of aryl methyl sites for hydroxylation is 2. The molecule has 0 bridgehead atoms. The topological polar surface area (TPSA) is 112 Å². The zero-order chi connectivity index (χ0) is 28.1. The van der Waals surface area contributed by atoms with E-state index in [0.717, 1.165) is 37.8 Å². The highest BCUT2D eigenvalue weighted by atomic mass is 32.1. The van der Waals surface area contributed by atoms with Crippen LogP contribution in [0.5, 0.6) is 0 Å². The van der Waals surface area contributed by atoms with Crippen molar-refractivity contribution in [2.45, 2.75) is 79.4 Å². The summed E-state index contributed by atoms with van der Waals surface area (Å²) in [6.45, 7) is 9.10. The summed E-state index contributed by atoms with van der Waals surface area (Å²) in [5.74, 6) is -0.684. The summed E-state index contributed by atoms with van der Waals surface area (Å²) in [5.41, 5.74) is 0.387. The number of nitrogens with zero attached hydrogens (tertiary/aromatic N) is 3. The summed E-state index contributed by atoms with van der Waals surface area (Å²) in [4.78, 5) is 51.5. The van der Waals surface area contributed by atoms with Crippen LogP contribution in [-0.2, 0) is 33.9 Å². The van der Waals surface area contributed by atoms with E-state index in [0.29, 0.717) is 17.0 Å². The molecule has 1 N–H and O–H groups in total. The molecule has 0 radical (unpaired) electrons. The van der Waals surface area contributed by atoms with Gasteiger partial charge < -0.3 is 9.47 Å². The van der Waals surface area contributed by atoms with Crippen LogP contribution in [-0.4, -0.2) is 44.5 Å². The highest BCUT2D eigenvalue weighted by molar-refractivity contribution is 7.18. The number of halogens is 3. The molecular formula is C23H31F3N4O6S. The molecule has 0 saturated heterocycles. The zero-order valence-corrected chi connectivity index (χ0v) is 22.3. The van der Waals surface area contributed by atoms with E-state index < -0.39 is 48.0 Å². The molecule has 0 unspecified atom stereocenters. The van der Waals surface area contributed by atoms with E-state index in [9.17, 15) is 32.3 Å². The van der Waals surface area contributed by atoms with Gasteiger partial charge in [0, 0.05) is 24.0 Å². The third-order valence-corrected chi connectivity index (χ3v) is 6.29. The molecule has 0 aliphatic rings. The quantitative estimate of drug-likeness (QED) is 0.305. The van der Waals surface area contributed by atoms with Crippen LogP contribution in [0.25, 0.3) is 10.2 Å². The van der Waals surface area contributed by atoms with Crippen molar-refractivity contribution in [3.8, 4) is 0 Å². The number of fused-ring (bicyclic) bond motifs is 1. The second kappa shape index (κ2) is 11.8. The van der Waals surface area contributed by atoms with Gasteiger partial charge in [-0.25, -0.2) is 20.0 Å². The predicted molar refractivity (Wildman–Crippen MR) is 132 cm³/mol. The van der Waals surface area contributed by atoms with Gasteiger partial charge in [-0.1, -0.05) is 0 Å². The van der Waals surface area contributed by atoms with Gasteiger partial charge in [-0.2, -0.15) is 13.2 Å². The Kier molecular flexibility index (Phi) is 9.58. The van der Waals surface area contributed by atoms with E-state index in [1.807, 2.05) is 0 Å². The largest absolute Gasteiger partial charge is 0.501 e. The first-order valence-electron chi connectivity index (χ1n) is 11.5. The first-order chi connectivity index (χ1) is 17.1. The van der Waals surface area contributed by atoms with Gasteiger partial charge >= 0.3 is 18.0 Å². The molecule has 0 saturated carbocycles. The molecule has 0 spiro atoms. The van der Waals surface area contributed by atoms with Crippen LogP contribution in [0.2, 0.25) is 0 Å². The van der Waals surface area contributed by atoms with Crippen molar-refractivity contribution in [2.24, 2.45) is 0 Å². The molecule has 0 atom stereocenters. The van der Waals surface area contributed by atoms with Gasteiger partial charge in [0.25, 0.3) is 11.5 Å². The Morgan fingerprint density at radius 3 is 2.32 bits per heavy atom. The fraction of sp³-hybridized carbons (Fsp3) is 0.565. The van der Waals surface area contributed by atoms with E-state index in [2.05, 4.69) is 5.43 Å². The van der Waals surface area contributed by atoms with E-state index >= 15 is 0 Å². The third-order valence-electron chi connectivity index (χ3n) is 4.99. The van der Waals surface area contributed by atoms with E-state index in [1.165, 1.54) is 0 Å². The Balaban J connectivity index is 2.59. The van der Waals surface area contributed by atoms with Crippen LogP contribution >= 0.6 is 11.3 Å². The summed E-state index contributed by atoms with van der Waals surface area (Å²) in [5, 5.41) is 1.01. The van der Waals surface area contributed by atoms with E-state index in [-0.39, 0.29) is 23.3 Å². The average Bonchev–Trinajstić information content (AvgIpc) is 3.07. The van der Waals surface area contributed by atoms with Gasteiger partial charge in [0.15, 0.2) is 0 Å². The fourth-order valence-corrected chi connectivity index (χ4v) is 4.63. The molecule has 2 heterocycles. The summed E-state index contributed by atoms with van der Waals surface area (Å²) in [6, 6.07) is 0.